The Kier molecular flexibility index (Phi) is 5.83. The number of nitroso groups, excluding NO2 is 1. The van der Waals surface area contributed by atoms with Crippen LogP contribution in [0.15, 0.2) is 34.3 Å². The predicted octanol–water partition coefficient (Wildman–Crippen LogP) is 4.20. The van der Waals surface area contributed by atoms with E-state index in [4.69, 9.17) is 11.6 Å². The molecule has 4 fully saturated rings. The first-order chi connectivity index (χ1) is 15.3. The summed E-state index contributed by atoms with van der Waals surface area (Å²) in [4.78, 5) is 26.0. The number of piperidine rings is 1. The van der Waals surface area contributed by atoms with E-state index in [1.54, 1.807) is 33.5 Å². The summed E-state index contributed by atoms with van der Waals surface area (Å²) in [7, 11) is -3.70. The molecule has 5 rings (SSSR count). The minimum atomic E-state index is -3.70. The summed E-state index contributed by atoms with van der Waals surface area (Å²) in [5.41, 5.74) is -0.295. The third-order valence-electron chi connectivity index (χ3n) is 7.93. The first-order valence-corrected chi connectivity index (χ1v) is 13.6. The lowest BCUT2D eigenvalue weighted by Gasteiger charge is -2.45. The topological polar surface area (TPSA) is 87.1 Å². The van der Waals surface area contributed by atoms with Crippen molar-refractivity contribution in [2.45, 2.75) is 80.8 Å². The van der Waals surface area contributed by atoms with Gasteiger partial charge in [0, 0.05) is 36.6 Å². The number of carbonyl (C=O) groups is 1. The maximum atomic E-state index is 13.9. The van der Waals surface area contributed by atoms with Gasteiger partial charge in [0.15, 0.2) is 0 Å². The molecule has 32 heavy (non-hydrogen) atoms. The van der Waals surface area contributed by atoms with Gasteiger partial charge in [-0.1, -0.05) is 23.2 Å². The Hall–Kier alpha value is -1.51. The fourth-order valence-electron chi connectivity index (χ4n) is 5.84. The minimum Gasteiger partial charge on any atom is -0.340 e. The van der Waals surface area contributed by atoms with Gasteiger partial charge in [-0.25, -0.2) is 8.42 Å². The highest BCUT2D eigenvalue weighted by molar-refractivity contribution is 7.89. The van der Waals surface area contributed by atoms with Crippen LogP contribution in [-0.2, 0) is 14.8 Å². The number of hydrogen-bond acceptors (Lipinski definition) is 5. The molecule has 0 unspecified atom stereocenters. The van der Waals surface area contributed by atoms with Crippen LogP contribution in [0.25, 0.3) is 0 Å². The Morgan fingerprint density at radius 2 is 1.81 bits per heavy atom. The van der Waals surface area contributed by atoms with Crippen molar-refractivity contribution < 1.29 is 13.2 Å². The zero-order valence-corrected chi connectivity index (χ0v) is 19.7. The van der Waals surface area contributed by atoms with Gasteiger partial charge < -0.3 is 4.90 Å². The van der Waals surface area contributed by atoms with Crippen LogP contribution in [0.5, 0.6) is 0 Å². The van der Waals surface area contributed by atoms with Crippen molar-refractivity contribution in [2.75, 3.05) is 13.1 Å². The molecule has 2 saturated carbocycles. The van der Waals surface area contributed by atoms with E-state index in [1.807, 2.05) is 0 Å². The summed E-state index contributed by atoms with van der Waals surface area (Å²) < 4.78 is 29.6. The number of benzene rings is 1. The maximum Gasteiger partial charge on any atom is 0.243 e. The summed E-state index contributed by atoms with van der Waals surface area (Å²) in [5, 5.41) is 3.61. The normalized spacial score (nSPS) is 30.3. The molecule has 7 nitrogen and oxygen atoms in total. The second kappa shape index (κ2) is 8.37. The molecule has 0 N–H and O–H groups in total. The van der Waals surface area contributed by atoms with Crippen molar-refractivity contribution in [3.63, 3.8) is 0 Å². The van der Waals surface area contributed by atoms with E-state index in [9.17, 15) is 18.1 Å². The number of carbonyl (C=O) groups excluding carboxylic acids is 1. The maximum absolute atomic E-state index is 13.9. The van der Waals surface area contributed by atoms with E-state index in [1.165, 1.54) is 0 Å². The summed E-state index contributed by atoms with van der Waals surface area (Å²) >= 11 is 6.01. The Morgan fingerprint density at radius 3 is 2.41 bits per heavy atom. The highest BCUT2D eigenvalue weighted by atomic mass is 35.5. The number of likely N-dealkylation sites (tertiary alicyclic amines) is 1. The molecular formula is C23H30ClN3O4S. The van der Waals surface area contributed by atoms with Crippen molar-refractivity contribution in [1.29, 1.82) is 0 Å². The number of rotatable bonds is 7. The lowest BCUT2D eigenvalue weighted by molar-refractivity contribution is -0.132. The Bertz CT molecular complexity index is 991. The Balaban J connectivity index is 1.43. The van der Waals surface area contributed by atoms with Gasteiger partial charge in [0.1, 0.15) is 6.04 Å². The van der Waals surface area contributed by atoms with Crippen LogP contribution >= 0.6 is 11.6 Å². The van der Waals surface area contributed by atoms with Crippen LogP contribution in [0, 0.1) is 16.2 Å². The first-order valence-electron chi connectivity index (χ1n) is 11.7. The molecule has 174 valence electrons. The van der Waals surface area contributed by atoms with Crippen LogP contribution in [0.1, 0.15) is 57.8 Å². The zero-order valence-electron chi connectivity index (χ0n) is 18.2. The van der Waals surface area contributed by atoms with Gasteiger partial charge in [-0.15, -0.1) is 0 Å². The van der Waals surface area contributed by atoms with E-state index >= 15 is 0 Å². The number of sulfonamides is 1. The number of halogens is 1. The lowest BCUT2D eigenvalue weighted by atomic mass is 9.83. The van der Waals surface area contributed by atoms with E-state index in [-0.39, 0.29) is 34.3 Å². The van der Waals surface area contributed by atoms with Crippen molar-refractivity contribution >= 4 is 27.5 Å². The average Bonchev–Trinajstić information content (AvgIpc) is 3.72. The van der Waals surface area contributed by atoms with Crippen LogP contribution in [0.3, 0.4) is 0 Å². The quantitative estimate of drug-likeness (QED) is 0.548. The fourth-order valence-corrected chi connectivity index (χ4v) is 7.98. The smallest absolute Gasteiger partial charge is 0.243 e. The zero-order chi connectivity index (χ0) is 22.5. The molecular weight excluding hydrogens is 450 g/mol. The molecule has 0 aromatic heterocycles. The number of hydrogen-bond donors (Lipinski definition) is 0. The molecule has 3 atom stereocenters. The lowest BCUT2D eigenvalue weighted by Crippen LogP contribution is -2.55. The van der Waals surface area contributed by atoms with Crippen LogP contribution in [-0.4, -0.2) is 54.7 Å². The Morgan fingerprint density at radius 1 is 1.09 bits per heavy atom. The molecule has 1 aromatic carbocycles. The van der Waals surface area contributed by atoms with Gasteiger partial charge in [-0.2, -0.15) is 9.21 Å². The molecule has 1 aromatic rings. The summed E-state index contributed by atoms with van der Waals surface area (Å²) in [6.45, 7) is 0.952. The van der Waals surface area contributed by atoms with Crippen molar-refractivity contribution in [3.05, 3.63) is 34.2 Å². The third-order valence-corrected chi connectivity index (χ3v) is 10.1. The minimum absolute atomic E-state index is 0.0115. The second-order valence-corrected chi connectivity index (χ2v) is 12.3. The SMILES string of the molecule is O=N[C@@H]1CCN(C(=O)CC2([C@H]3CCC[C@@H](C4CC4)N3S(=O)(=O)c3ccc(Cl)cc3)CC2)C1. The molecule has 2 saturated heterocycles. The van der Waals surface area contributed by atoms with Crippen molar-refractivity contribution in [1.82, 2.24) is 9.21 Å². The molecule has 0 spiro atoms. The average molecular weight is 480 g/mol. The van der Waals surface area contributed by atoms with Crippen LogP contribution in [0.2, 0.25) is 5.02 Å². The van der Waals surface area contributed by atoms with Gasteiger partial charge >= 0.3 is 0 Å². The standard InChI is InChI=1S/C23H30ClN3O4S/c24-17-6-8-19(9-7-17)32(30,31)27-20(16-4-5-16)2-1-3-21(27)23(11-12-23)14-22(28)26-13-10-18(15-26)25-29/h6-9,16,18,20-21H,1-5,10-15H2/t18-,20+,21-/m1/s1. The molecule has 0 radical (unpaired) electrons. The summed E-state index contributed by atoms with van der Waals surface area (Å²) in [5.74, 6) is 0.454. The molecule has 2 heterocycles. The molecule has 4 aliphatic rings. The number of amides is 1. The van der Waals surface area contributed by atoms with Gasteiger partial charge in [-0.05, 0) is 80.5 Å². The van der Waals surface area contributed by atoms with E-state index in [2.05, 4.69) is 5.18 Å². The van der Waals surface area contributed by atoms with E-state index < -0.39 is 10.0 Å². The molecule has 2 aliphatic carbocycles. The van der Waals surface area contributed by atoms with Crippen LogP contribution in [0.4, 0.5) is 0 Å². The fraction of sp³-hybridized carbons (Fsp3) is 0.696. The predicted molar refractivity (Wildman–Crippen MR) is 122 cm³/mol. The van der Waals surface area contributed by atoms with Gasteiger partial charge in [-0.3, -0.25) is 4.79 Å². The third kappa shape index (κ3) is 4.10. The highest BCUT2D eigenvalue weighted by Gasteiger charge is 2.59. The molecule has 9 heteroatoms. The largest absolute Gasteiger partial charge is 0.340 e. The second-order valence-electron chi connectivity index (χ2n) is 10.1. The van der Waals surface area contributed by atoms with E-state index in [0.717, 1.165) is 44.9 Å². The summed E-state index contributed by atoms with van der Waals surface area (Å²) in [6.07, 6.45) is 7.54. The van der Waals surface area contributed by atoms with Crippen molar-refractivity contribution in [2.24, 2.45) is 16.5 Å². The Labute approximate surface area is 194 Å². The van der Waals surface area contributed by atoms with Crippen LogP contribution < -0.4 is 0 Å². The first kappa shape index (κ1) is 22.3. The summed E-state index contributed by atoms with van der Waals surface area (Å²) in [6, 6.07) is 5.97. The van der Waals surface area contributed by atoms with Gasteiger partial charge in [0.25, 0.3) is 0 Å². The van der Waals surface area contributed by atoms with Crippen molar-refractivity contribution in [3.8, 4) is 0 Å². The number of nitrogens with zero attached hydrogens (tertiary/aromatic N) is 3. The highest BCUT2D eigenvalue weighted by Crippen LogP contribution is 2.58. The van der Waals surface area contributed by atoms with Gasteiger partial charge in [0.2, 0.25) is 15.9 Å². The molecule has 1 amide bonds. The van der Waals surface area contributed by atoms with Gasteiger partial charge in [0.05, 0.1) is 4.90 Å². The molecule has 0 bridgehead atoms. The molecule has 2 aliphatic heterocycles. The monoisotopic (exact) mass is 479 g/mol. The van der Waals surface area contributed by atoms with E-state index in [0.29, 0.717) is 36.9 Å².